The maximum absolute atomic E-state index is 12.8. The van der Waals surface area contributed by atoms with Gasteiger partial charge in [0, 0.05) is 6.54 Å². The van der Waals surface area contributed by atoms with Crippen molar-refractivity contribution in [2.45, 2.75) is 50.6 Å². The Kier molecular flexibility index (Phi) is 4.37. The van der Waals surface area contributed by atoms with Crippen molar-refractivity contribution in [1.29, 1.82) is 0 Å². The molecule has 0 saturated carbocycles. The molecule has 0 radical (unpaired) electrons. The molecule has 1 fully saturated rings. The number of hydrogen-bond acceptors (Lipinski definition) is 6. The van der Waals surface area contributed by atoms with Gasteiger partial charge in [0.1, 0.15) is 16.8 Å². The predicted octanol–water partition coefficient (Wildman–Crippen LogP) is 1.52. The number of carbonyl (C=O) groups excluding carboxylic acids is 1. The van der Waals surface area contributed by atoms with Crippen LogP contribution in [0.3, 0.4) is 0 Å². The quantitative estimate of drug-likeness (QED) is 0.623. The zero-order valence-electron chi connectivity index (χ0n) is 11.5. The van der Waals surface area contributed by atoms with Gasteiger partial charge in [-0.15, -0.1) is 0 Å². The maximum Gasteiger partial charge on any atom is 0.250 e. The molecule has 1 atom stereocenters. The first-order valence-corrected chi connectivity index (χ1v) is 7.94. The molecule has 2 rings (SSSR count). The Morgan fingerprint density at radius 1 is 1.35 bits per heavy atom. The first kappa shape index (κ1) is 14.9. The number of hydrogen-bond donors (Lipinski definition) is 0. The molecule has 20 heavy (non-hydrogen) atoms. The third-order valence-corrected chi connectivity index (χ3v) is 5.55. The lowest BCUT2D eigenvalue weighted by molar-refractivity contribution is 0.329. The van der Waals surface area contributed by atoms with Crippen molar-refractivity contribution in [2.75, 3.05) is 6.54 Å². The first-order valence-electron chi connectivity index (χ1n) is 6.50. The van der Waals surface area contributed by atoms with Gasteiger partial charge in [-0.2, -0.15) is 9.30 Å². The zero-order chi connectivity index (χ0) is 14.8. The van der Waals surface area contributed by atoms with E-state index in [1.807, 2.05) is 0 Å². The molecule has 110 valence electrons. The molecule has 1 aliphatic heterocycles. The summed E-state index contributed by atoms with van der Waals surface area (Å²) >= 11 is 0. The Morgan fingerprint density at radius 2 is 2.10 bits per heavy atom. The topological polar surface area (TPSA) is 92.8 Å². The second-order valence-electron chi connectivity index (χ2n) is 4.82. The van der Waals surface area contributed by atoms with Crippen molar-refractivity contribution in [3.8, 4) is 0 Å². The smallest absolute Gasteiger partial charge is 0.250 e. The van der Waals surface area contributed by atoms with Crippen LogP contribution >= 0.6 is 0 Å². The molecule has 1 aromatic heterocycles. The lowest BCUT2D eigenvalue weighted by atomic mass is 10.2. The van der Waals surface area contributed by atoms with Crippen LogP contribution < -0.4 is 0 Å². The van der Waals surface area contributed by atoms with Crippen LogP contribution in [0.25, 0.3) is 0 Å². The summed E-state index contributed by atoms with van der Waals surface area (Å²) in [6.45, 7) is 3.48. The van der Waals surface area contributed by atoms with Crippen molar-refractivity contribution in [3.63, 3.8) is 0 Å². The Bertz CT molecular complexity index is 612. The van der Waals surface area contributed by atoms with E-state index in [0.717, 1.165) is 19.3 Å². The van der Waals surface area contributed by atoms with Crippen LogP contribution in [0.1, 0.15) is 37.1 Å². The SMILES string of the molecule is Cc1noc(C)c1S(=O)(=O)N1CCCCCC1N=C=O. The average Bonchev–Trinajstić information content (AvgIpc) is 2.61. The van der Waals surface area contributed by atoms with Crippen molar-refractivity contribution in [2.24, 2.45) is 4.99 Å². The minimum atomic E-state index is -3.77. The van der Waals surface area contributed by atoms with Crippen molar-refractivity contribution in [1.82, 2.24) is 9.46 Å². The minimum absolute atomic E-state index is 0.0745. The second-order valence-corrected chi connectivity index (χ2v) is 6.65. The molecule has 0 amide bonds. The van der Waals surface area contributed by atoms with Crippen LogP contribution in [0.15, 0.2) is 14.4 Å². The highest BCUT2D eigenvalue weighted by atomic mass is 32.2. The Balaban J connectivity index is 2.47. The van der Waals surface area contributed by atoms with E-state index in [1.165, 1.54) is 10.4 Å². The van der Waals surface area contributed by atoms with E-state index in [4.69, 9.17) is 4.52 Å². The lowest BCUT2D eigenvalue weighted by Gasteiger charge is -2.24. The number of aryl methyl sites for hydroxylation is 2. The molecule has 1 aliphatic rings. The van der Waals surface area contributed by atoms with E-state index in [0.29, 0.717) is 18.7 Å². The van der Waals surface area contributed by atoms with E-state index in [2.05, 4.69) is 10.1 Å². The van der Waals surface area contributed by atoms with E-state index in [9.17, 15) is 13.2 Å². The van der Waals surface area contributed by atoms with Gasteiger partial charge in [0.2, 0.25) is 16.1 Å². The van der Waals surface area contributed by atoms with Gasteiger partial charge in [-0.05, 0) is 33.1 Å². The highest BCUT2D eigenvalue weighted by Gasteiger charge is 2.36. The van der Waals surface area contributed by atoms with Gasteiger partial charge in [0.05, 0.1) is 0 Å². The van der Waals surface area contributed by atoms with Crippen LogP contribution in [0, 0.1) is 13.8 Å². The summed E-state index contributed by atoms with van der Waals surface area (Å²) in [6.07, 6.45) is 3.81. The van der Waals surface area contributed by atoms with Gasteiger partial charge in [0.15, 0.2) is 5.76 Å². The number of sulfonamides is 1. The molecule has 0 aromatic carbocycles. The largest absolute Gasteiger partial charge is 0.360 e. The molecule has 0 bridgehead atoms. The van der Waals surface area contributed by atoms with Gasteiger partial charge in [0.25, 0.3) is 0 Å². The van der Waals surface area contributed by atoms with E-state index in [-0.39, 0.29) is 10.7 Å². The van der Waals surface area contributed by atoms with Crippen LogP contribution in [-0.2, 0) is 14.8 Å². The molecule has 2 heterocycles. The molecule has 1 aromatic rings. The van der Waals surface area contributed by atoms with E-state index in [1.54, 1.807) is 13.8 Å². The third kappa shape index (κ3) is 2.67. The fourth-order valence-electron chi connectivity index (χ4n) is 2.49. The summed E-state index contributed by atoms with van der Waals surface area (Å²) in [7, 11) is -3.77. The van der Waals surface area contributed by atoms with Crippen molar-refractivity contribution in [3.05, 3.63) is 11.5 Å². The zero-order valence-corrected chi connectivity index (χ0v) is 12.3. The Morgan fingerprint density at radius 3 is 2.70 bits per heavy atom. The lowest BCUT2D eigenvalue weighted by Crippen LogP contribution is -2.39. The number of aromatic nitrogens is 1. The number of aliphatic imine (C=N–C) groups is 1. The molecular formula is C12H17N3O4S. The second kappa shape index (κ2) is 5.87. The maximum atomic E-state index is 12.8. The summed E-state index contributed by atoms with van der Waals surface area (Å²) in [4.78, 5) is 14.3. The fourth-order valence-corrected chi connectivity index (χ4v) is 4.38. The van der Waals surface area contributed by atoms with Crippen LogP contribution in [0.4, 0.5) is 0 Å². The molecule has 1 unspecified atom stereocenters. The molecule has 8 heteroatoms. The van der Waals surface area contributed by atoms with E-state index < -0.39 is 16.2 Å². The standard InChI is InChI=1S/C12H17N3O4S/c1-9-12(10(2)19-14-9)20(17,18)15-7-5-3-4-6-11(15)13-8-16/h11H,3-7H2,1-2H3. The number of isocyanates is 1. The third-order valence-electron chi connectivity index (χ3n) is 3.41. The number of rotatable bonds is 3. The normalized spacial score (nSPS) is 21.2. The van der Waals surface area contributed by atoms with Gasteiger partial charge in [-0.1, -0.05) is 11.6 Å². The molecule has 0 N–H and O–H groups in total. The predicted molar refractivity (Wildman–Crippen MR) is 70.2 cm³/mol. The van der Waals surface area contributed by atoms with Crippen molar-refractivity contribution < 1.29 is 17.7 Å². The highest BCUT2D eigenvalue weighted by molar-refractivity contribution is 7.89. The highest BCUT2D eigenvalue weighted by Crippen LogP contribution is 2.28. The van der Waals surface area contributed by atoms with Gasteiger partial charge < -0.3 is 4.52 Å². The monoisotopic (exact) mass is 299 g/mol. The number of nitrogens with zero attached hydrogens (tertiary/aromatic N) is 3. The fraction of sp³-hybridized carbons (Fsp3) is 0.667. The van der Waals surface area contributed by atoms with E-state index >= 15 is 0 Å². The Labute approximate surface area is 117 Å². The first-order chi connectivity index (χ1) is 9.48. The summed E-state index contributed by atoms with van der Waals surface area (Å²) < 4.78 is 31.7. The van der Waals surface area contributed by atoms with Crippen LogP contribution in [0.2, 0.25) is 0 Å². The van der Waals surface area contributed by atoms with Gasteiger partial charge >= 0.3 is 0 Å². The molecule has 7 nitrogen and oxygen atoms in total. The summed E-state index contributed by atoms with van der Waals surface area (Å²) in [5.74, 6) is 0.251. The Hall–Kier alpha value is -1.50. The summed E-state index contributed by atoms with van der Waals surface area (Å²) in [6, 6.07) is 0. The van der Waals surface area contributed by atoms with Gasteiger partial charge in [-0.25, -0.2) is 13.2 Å². The molecule has 1 saturated heterocycles. The van der Waals surface area contributed by atoms with Crippen LogP contribution in [0.5, 0.6) is 0 Å². The summed E-state index contributed by atoms with van der Waals surface area (Å²) in [5, 5.41) is 3.68. The molecule has 0 spiro atoms. The van der Waals surface area contributed by atoms with Gasteiger partial charge in [-0.3, -0.25) is 0 Å². The molecule has 0 aliphatic carbocycles. The van der Waals surface area contributed by atoms with Crippen LogP contribution in [-0.4, -0.2) is 36.7 Å². The van der Waals surface area contributed by atoms with Crippen molar-refractivity contribution >= 4 is 16.1 Å². The summed E-state index contributed by atoms with van der Waals surface area (Å²) in [5.41, 5.74) is 0.320. The average molecular weight is 299 g/mol. The molecular weight excluding hydrogens is 282 g/mol. The minimum Gasteiger partial charge on any atom is -0.360 e.